The van der Waals surface area contributed by atoms with E-state index in [4.69, 9.17) is 0 Å². The molecule has 0 saturated carbocycles. The van der Waals surface area contributed by atoms with Crippen molar-refractivity contribution < 1.29 is 9.31 Å². The highest BCUT2D eigenvalue weighted by Gasteiger charge is 2.13. The van der Waals surface area contributed by atoms with Gasteiger partial charge in [-0.15, -0.1) is 0 Å². The lowest BCUT2D eigenvalue weighted by Gasteiger charge is -1.89. The fourth-order valence-electron chi connectivity index (χ4n) is 1.23. The van der Waals surface area contributed by atoms with Gasteiger partial charge in [0, 0.05) is 0 Å². The summed E-state index contributed by atoms with van der Waals surface area (Å²) in [5.41, 5.74) is 0.461. The maximum atomic E-state index is 12.7. The molecular formula is C8H5FN2O2. The van der Waals surface area contributed by atoms with E-state index in [1.807, 2.05) is 0 Å². The Bertz CT molecular complexity index is 478. The summed E-state index contributed by atoms with van der Waals surface area (Å²) in [5.74, 6) is -0.477. The molecule has 66 valence electrons. The standard InChI is InChI=1S/C8H5FN2O2/c9-5-1-2-7-6(3-5)8(4-10-7)11(12)13/h1-4,10H. The predicted molar refractivity (Wildman–Crippen MR) is 44.9 cm³/mol. The van der Waals surface area contributed by atoms with E-state index in [-0.39, 0.29) is 5.69 Å². The van der Waals surface area contributed by atoms with Crippen LogP contribution in [0, 0.1) is 15.9 Å². The molecule has 13 heavy (non-hydrogen) atoms. The Morgan fingerprint density at radius 3 is 2.92 bits per heavy atom. The van der Waals surface area contributed by atoms with Gasteiger partial charge in [0.25, 0.3) is 5.69 Å². The number of H-pyrrole nitrogens is 1. The zero-order valence-corrected chi connectivity index (χ0v) is 6.45. The van der Waals surface area contributed by atoms with Gasteiger partial charge in [0.05, 0.1) is 22.0 Å². The van der Waals surface area contributed by atoms with E-state index < -0.39 is 10.7 Å². The summed E-state index contributed by atoms with van der Waals surface area (Å²) in [6.07, 6.45) is 1.25. The van der Waals surface area contributed by atoms with Crippen LogP contribution in [-0.2, 0) is 0 Å². The molecular weight excluding hydrogens is 175 g/mol. The van der Waals surface area contributed by atoms with Crippen LogP contribution in [0.3, 0.4) is 0 Å². The first-order chi connectivity index (χ1) is 6.18. The minimum Gasteiger partial charge on any atom is -0.355 e. The molecule has 1 N–H and O–H groups in total. The van der Waals surface area contributed by atoms with Crippen LogP contribution in [0.15, 0.2) is 24.4 Å². The number of aromatic amines is 1. The molecule has 0 aliphatic carbocycles. The van der Waals surface area contributed by atoms with Crippen LogP contribution in [0.1, 0.15) is 0 Å². The maximum Gasteiger partial charge on any atom is 0.294 e. The fourth-order valence-corrected chi connectivity index (χ4v) is 1.23. The molecule has 0 aliphatic heterocycles. The molecule has 0 atom stereocenters. The van der Waals surface area contributed by atoms with E-state index in [1.54, 1.807) is 0 Å². The topological polar surface area (TPSA) is 58.9 Å². The summed E-state index contributed by atoms with van der Waals surface area (Å²) >= 11 is 0. The van der Waals surface area contributed by atoms with Crippen molar-refractivity contribution >= 4 is 16.6 Å². The monoisotopic (exact) mass is 180 g/mol. The number of halogens is 1. The molecule has 0 amide bonds. The zero-order chi connectivity index (χ0) is 9.42. The highest BCUT2D eigenvalue weighted by atomic mass is 19.1. The molecule has 0 unspecified atom stereocenters. The Morgan fingerprint density at radius 2 is 2.23 bits per heavy atom. The molecule has 2 aromatic rings. The number of aromatic nitrogens is 1. The molecule has 0 aliphatic rings. The first kappa shape index (κ1) is 7.72. The van der Waals surface area contributed by atoms with Gasteiger partial charge in [-0.1, -0.05) is 0 Å². The summed E-state index contributed by atoms with van der Waals surface area (Å²) < 4.78 is 12.7. The van der Waals surface area contributed by atoms with Crippen LogP contribution < -0.4 is 0 Å². The highest BCUT2D eigenvalue weighted by molar-refractivity contribution is 5.88. The molecule has 1 heterocycles. The SMILES string of the molecule is O=[N+]([O-])c1c[nH]c2ccc(F)cc12. The second-order valence-corrected chi connectivity index (χ2v) is 2.62. The van der Waals surface area contributed by atoms with E-state index in [2.05, 4.69) is 4.98 Å². The van der Waals surface area contributed by atoms with Crippen LogP contribution in [0.5, 0.6) is 0 Å². The van der Waals surface area contributed by atoms with Crippen molar-refractivity contribution in [1.82, 2.24) is 4.98 Å². The van der Waals surface area contributed by atoms with Gasteiger partial charge in [-0.25, -0.2) is 4.39 Å². The van der Waals surface area contributed by atoms with Crippen molar-refractivity contribution in [2.24, 2.45) is 0 Å². The van der Waals surface area contributed by atoms with Crippen molar-refractivity contribution in [3.63, 3.8) is 0 Å². The van der Waals surface area contributed by atoms with Gasteiger partial charge in [0.15, 0.2) is 0 Å². The summed E-state index contributed by atoms with van der Waals surface area (Å²) in [7, 11) is 0. The van der Waals surface area contributed by atoms with Gasteiger partial charge in [-0.3, -0.25) is 10.1 Å². The average molecular weight is 180 g/mol. The second kappa shape index (κ2) is 2.55. The van der Waals surface area contributed by atoms with Crippen LogP contribution in [-0.4, -0.2) is 9.91 Å². The fraction of sp³-hybridized carbons (Fsp3) is 0. The Labute approximate surface area is 72.1 Å². The third kappa shape index (κ3) is 1.14. The summed E-state index contributed by atoms with van der Waals surface area (Å²) in [5, 5.41) is 10.7. The van der Waals surface area contributed by atoms with Crippen molar-refractivity contribution in [2.45, 2.75) is 0 Å². The van der Waals surface area contributed by atoms with Gasteiger partial charge in [0.2, 0.25) is 0 Å². The van der Waals surface area contributed by atoms with Crippen molar-refractivity contribution in [3.05, 3.63) is 40.3 Å². The molecule has 0 bridgehead atoms. The maximum absolute atomic E-state index is 12.7. The number of fused-ring (bicyclic) bond motifs is 1. The molecule has 1 aromatic heterocycles. The van der Waals surface area contributed by atoms with Crippen LogP contribution in [0.2, 0.25) is 0 Å². The van der Waals surface area contributed by atoms with E-state index in [0.29, 0.717) is 10.9 Å². The van der Waals surface area contributed by atoms with E-state index >= 15 is 0 Å². The summed E-state index contributed by atoms with van der Waals surface area (Å²) in [4.78, 5) is 12.6. The zero-order valence-electron chi connectivity index (χ0n) is 6.45. The van der Waals surface area contributed by atoms with Crippen molar-refractivity contribution in [2.75, 3.05) is 0 Å². The Balaban J connectivity index is 2.79. The van der Waals surface area contributed by atoms with Gasteiger partial charge in [-0.2, -0.15) is 0 Å². The van der Waals surface area contributed by atoms with Gasteiger partial charge in [0.1, 0.15) is 5.82 Å². The molecule has 5 heteroatoms. The van der Waals surface area contributed by atoms with Crippen LogP contribution in [0.25, 0.3) is 10.9 Å². The summed E-state index contributed by atoms with van der Waals surface area (Å²) in [6.45, 7) is 0. The summed E-state index contributed by atoms with van der Waals surface area (Å²) in [6, 6.07) is 3.87. The molecule has 0 fully saturated rings. The van der Waals surface area contributed by atoms with Gasteiger partial charge in [-0.05, 0) is 18.2 Å². The lowest BCUT2D eigenvalue weighted by molar-refractivity contribution is -0.383. The molecule has 0 spiro atoms. The lowest BCUT2D eigenvalue weighted by atomic mass is 10.2. The Hall–Kier alpha value is -1.91. The number of nitrogens with one attached hydrogen (secondary N) is 1. The van der Waals surface area contributed by atoms with Crippen LogP contribution >= 0.6 is 0 Å². The highest BCUT2D eigenvalue weighted by Crippen LogP contribution is 2.25. The smallest absolute Gasteiger partial charge is 0.294 e. The van der Waals surface area contributed by atoms with E-state index in [0.717, 1.165) is 6.07 Å². The van der Waals surface area contributed by atoms with Gasteiger partial charge >= 0.3 is 0 Å². The number of hydrogen-bond acceptors (Lipinski definition) is 2. The third-order valence-electron chi connectivity index (χ3n) is 1.82. The molecule has 2 rings (SSSR count). The largest absolute Gasteiger partial charge is 0.355 e. The number of nitro groups is 1. The Kier molecular flexibility index (Phi) is 1.51. The number of benzene rings is 1. The number of nitrogens with zero attached hydrogens (tertiary/aromatic N) is 1. The van der Waals surface area contributed by atoms with E-state index in [9.17, 15) is 14.5 Å². The molecule has 0 radical (unpaired) electrons. The number of hydrogen-bond donors (Lipinski definition) is 1. The first-order valence-corrected chi connectivity index (χ1v) is 3.59. The van der Waals surface area contributed by atoms with Crippen molar-refractivity contribution in [3.8, 4) is 0 Å². The van der Waals surface area contributed by atoms with Gasteiger partial charge < -0.3 is 4.98 Å². The quantitative estimate of drug-likeness (QED) is 0.540. The minimum absolute atomic E-state index is 0.102. The normalized spacial score (nSPS) is 10.5. The second-order valence-electron chi connectivity index (χ2n) is 2.62. The molecule has 4 nitrogen and oxygen atoms in total. The number of rotatable bonds is 1. The van der Waals surface area contributed by atoms with Crippen LogP contribution in [0.4, 0.5) is 10.1 Å². The van der Waals surface area contributed by atoms with E-state index in [1.165, 1.54) is 18.3 Å². The van der Waals surface area contributed by atoms with Crippen molar-refractivity contribution in [1.29, 1.82) is 0 Å². The predicted octanol–water partition coefficient (Wildman–Crippen LogP) is 2.22. The lowest BCUT2D eigenvalue weighted by Crippen LogP contribution is -1.85. The Morgan fingerprint density at radius 1 is 1.46 bits per heavy atom. The third-order valence-corrected chi connectivity index (χ3v) is 1.82. The molecule has 0 saturated heterocycles. The first-order valence-electron chi connectivity index (χ1n) is 3.59. The average Bonchev–Trinajstić information content (AvgIpc) is 2.46. The minimum atomic E-state index is -0.543. The molecule has 1 aromatic carbocycles.